The number of alkyl carbamates (subject to hydrolysis) is 1. The molecule has 1 heterocycles. The van der Waals surface area contributed by atoms with Gasteiger partial charge in [-0.05, 0) is 39.7 Å². The summed E-state index contributed by atoms with van der Waals surface area (Å²) in [5.41, 5.74) is 0.207. The van der Waals surface area contributed by atoms with Gasteiger partial charge in [0.25, 0.3) is 0 Å². The number of nitrogens with zero attached hydrogens (tertiary/aromatic N) is 1. The van der Waals surface area contributed by atoms with Gasteiger partial charge < -0.3 is 19.5 Å². The summed E-state index contributed by atoms with van der Waals surface area (Å²) in [6, 6.07) is 9.34. The molecule has 1 aromatic carbocycles. The van der Waals surface area contributed by atoms with Gasteiger partial charge in [-0.2, -0.15) is 0 Å². The van der Waals surface area contributed by atoms with Gasteiger partial charge in [-0.15, -0.1) is 0 Å². The molecule has 2 rings (SSSR count). The van der Waals surface area contributed by atoms with E-state index in [4.69, 9.17) is 14.2 Å². The average molecular weight is 392 g/mol. The summed E-state index contributed by atoms with van der Waals surface area (Å²) in [6.07, 6.45) is -1.99. The molecule has 1 aromatic rings. The fraction of sp³-hybridized carbons (Fsp3) is 0.550. The highest BCUT2D eigenvalue weighted by atomic mass is 16.6. The van der Waals surface area contributed by atoms with E-state index in [9.17, 15) is 14.4 Å². The third kappa shape index (κ3) is 7.09. The smallest absolute Gasteiger partial charge is 0.411 e. The van der Waals surface area contributed by atoms with Crippen LogP contribution in [0, 0.1) is 0 Å². The van der Waals surface area contributed by atoms with Crippen molar-refractivity contribution in [3.05, 3.63) is 35.9 Å². The first-order valence-corrected chi connectivity index (χ1v) is 9.30. The third-order valence-corrected chi connectivity index (χ3v) is 3.91. The van der Waals surface area contributed by atoms with Gasteiger partial charge in [0.1, 0.15) is 24.5 Å². The van der Waals surface area contributed by atoms with Crippen LogP contribution in [0.5, 0.6) is 0 Å². The number of amides is 2. The molecule has 28 heavy (non-hydrogen) atoms. The lowest BCUT2D eigenvalue weighted by atomic mass is 10.2. The van der Waals surface area contributed by atoms with Crippen molar-refractivity contribution >= 4 is 18.2 Å². The Bertz CT molecular complexity index is 686. The van der Waals surface area contributed by atoms with Gasteiger partial charge in [0.05, 0.1) is 6.54 Å². The minimum atomic E-state index is -0.725. The van der Waals surface area contributed by atoms with Crippen LogP contribution >= 0.6 is 0 Å². The fourth-order valence-corrected chi connectivity index (χ4v) is 2.70. The van der Waals surface area contributed by atoms with Crippen LogP contribution in [-0.4, -0.2) is 47.5 Å². The molecule has 0 aromatic heterocycles. The summed E-state index contributed by atoms with van der Waals surface area (Å²) < 4.78 is 15.6. The molecule has 1 aliphatic heterocycles. The standard InChI is InChI=1S/C20H28N2O6/c1-14-12-22(19(25)27-14)16(21-18(24)28-20(2,3)4)10-11-17(23)26-13-15-8-6-5-7-9-15/h5-9,14,16H,10-13H2,1-4H3,(H,21,24). The first-order chi connectivity index (χ1) is 13.1. The largest absolute Gasteiger partial charge is 0.461 e. The number of nitrogens with one attached hydrogen (secondary N) is 1. The Morgan fingerprint density at radius 2 is 1.96 bits per heavy atom. The van der Waals surface area contributed by atoms with Crippen LogP contribution in [-0.2, 0) is 25.6 Å². The summed E-state index contributed by atoms with van der Waals surface area (Å²) in [5, 5.41) is 2.65. The minimum Gasteiger partial charge on any atom is -0.461 e. The van der Waals surface area contributed by atoms with E-state index in [1.807, 2.05) is 30.3 Å². The number of rotatable bonds is 7. The molecule has 154 valence electrons. The van der Waals surface area contributed by atoms with E-state index in [-0.39, 0.29) is 25.6 Å². The van der Waals surface area contributed by atoms with Crippen molar-refractivity contribution in [1.82, 2.24) is 10.2 Å². The monoisotopic (exact) mass is 392 g/mol. The van der Waals surface area contributed by atoms with Gasteiger partial charge in [0.2, 0.25) is 0 Å². The molecule has 1 fully saturated rings. The van der Waals surface area contributed by atoms with E-state index in [0.29, 0.717) is 6.54 Å². The maximum Gasteiger partial charge on any atom is 0.411 e. The van der Waals surface area contributed by atoms with Crippen LogP contribution in [0.1, 0.15) is 46.1 Å². The topological polar surface area (TPSA) is 94.2 Å². The van der Waals surface area contributed by atoms with Gasteiger partial charge in [-0.3, -0.25) is 9.69 Å². The zero-order chi connectivity index (χ0) is 20.7. The molecule has 0 saturated carbocycles. The number of cyclic esters (lactones) is 1. The molecule has 2 atom stereocenters. The Balaban J connectivity index is 1.92. The molecular weight excluding hydrogens is 364 g/mol. The number of hydrogen-bond donors (Lipinski definition) is 1. The van der Waals surface area contributed by atoms with Gasteiger partial charge >= 0.3 is 18.2 Å². The normalized spacial score (nSPS) is 17.6. The van der Waals surface area contributed by atoms with E-state index < -0.39 is 29.9 Å². The van der Waals surface area contributed by atoms with Crippen LogP contribution in [0.4, 0.5) is 9.59 Å². The molecule has 8 nitrogen and oxygen atoms in total. The Morgan fingerprint density at radius 1 is 1.29 bits per heavy atom. The summed E-state index contributed by atoms with van der Waals surface area (Å²) in [6.45, 7) is 7.49. The van der Waals surface area contributed by atoms with Gasteiger partial charge in [0, 0.05) is 6.42 Å². The summed E-state index contributed by atoms with van der Waals surface area (Å²) in [4.78, 5) is 37.7. The van der Waals surface area contributed by atoms with E-state index in [0.717, 1.165) is 5.56 Å². The van der Waals surface area contributed by atoms with Crippen LogP contribution in [0.2, 0.25) is 0 Å². The van der Waals surface area contributed by atoms with Crippen molar-refractivity contribution in [2.45, 2.75) is 65.0 Å². The van der Waals surface area contributed by atoms with Crippen molar-refractivity contribution in [3.8, 4) is 0 Å². The van der Waals surface area contributed by atoms with Crippen LogP contribution in [0.3, 0.4) is 0 Å². The molecule has 0 aliphatic carbocycles. The molecule has 8 heteroatoms. The predicted octanol–water partition coefficient (Wildman–Crippen LogP) is 3.20. The number of hydrogen-bond acceptors (Lipinski definition) is 6. The zero-order valence-corrected chi connectivity index (χ0v) is 16.8. The van der Waals surface area contributed by atoms with Crippen molar-refractivity contribution in [3.63, 3.8) is 0 Å². The van der Waals surface area contributed by atoms with Crippen molar-refractivity contribution in [2.75, 3.05) is 6.54 Å². The quantitative estimate of drug-likeness (QED) is 0.566. The highest BCUT2D eigenvalue weighted by Gasteiger charge is 2.35. The van der Waals surface area contributed by atoms with E-state index >= 15 is 0 Å². The Hall–Kier alpha value is -2.77. The average Bonchev–Trinajstić information content (AvgIpc) is 2.94. The van der Waals surface area contributed by atoms with Gasteiger partial charge in [-0.1, -0.05) is 30.3 Å². The maximum atomic E-state index is 12.1. The van der Waals surface area contributed by atoms with Gasteiger partial charge in [0.15, 0.2) is 0 Å². The fourth-order valence-electron chi connectivity index (χ4n) is 2.70. The lowest BCUT2D eigenvalue weighted by Crippen LogP contribution is -2.50. The van der Waals surface area contributed by atoms with E-state index in [1.54, 1.807) is 27.7 Å². The van der Waals surface area contributed by atoms with Crippen LogP contribution in [0.25, 0.3) is 0 Å². The number of carbonyl (C=O) groups excluding carboxylic acids is 3. The molecule has 1 aliphatic rings. The molecule has 2 unspecified atom stereocenters. The number of carbonyl (C=O) groups is 3. The summed E-state index contributed by atoms with van der Waals surface area (Å²) in [5.74, 6) is -0.416. The Labute approximate surface area is 165 Å². The van der Waals surface area contributed by atoms with Crippen LogP contribution in [0.15, 0.2) is 30.3 Å². The van der Waals surface area contributed by atoms with Crippen molar-refractivity contribution in [1.29, 1.82) is 0 Å². The molecule has 2 amide bonds. The molecule has 1 N–H and O–H groups in total. The lowest BCUT2D eigenvalue weighted by Gasteiger charge is -2.28. The van der Waals surface area contributed by atoms with Crippen molar-refractivity contribution < 1.29 is 28.6 Å². The van der Waals surface area contributed by atoms with E-state index in [1.165, 1.54) is 4.90 Å². The second-order valence-corrected chi connectivity index (χ2v) is 7.69. The third-order valence-electron chi connectivity index (χ3n) is 3.91. The van der Waals surface area contributed by atoms with Crippen molar-refractivity contribution in [2.24, 2.45) is 0 Å². The first kappa shape index (κ1) is 21.5. The summed E-state index contributed by atoms with van der Waals surface area (Å²) >= 11 is 0. The number of ether oxygens (including phenoxy) is 3. The minimum absolute atomic E-state index is 0.0332. The van der Waals surface area contributed by atoms with Crippen LogP contribution < -0.4 is 5.32 Å². The Morgan fingerprint density at radius 3 is 2.54 bits per heavy atom. The molecule has 0 bridgehead atoms. The first-order valence-electron chi connectivity index (χ1n) is 9.30. The lowest BCUT2D eigenvalue weighted by molar-refractivity contribution is -0.145. The van der Waals surface area contributed by atoms with E-state index in [2.05, 4.69) is 5.32 Å². The highest BCUT2D eigenvalue weighted by Crippen LogP contribution is 2.17. The number of esters is 1. The zero-order valence-electron chi connectivity index (χ0n) is 16.8. The predicted molar refractivity (Wildman–Crippen MR) is 101 cm³/mol. The molecule has 0 radical (unpaired) electrons. The second kappa shape index (κ2) is 9.43. The molecular formula is C20H28N2O6. The second-order valence-electron chi connectivity index (χ2n) is 7.69. The number of benzene rings is 1. The SMILES string of the molecule is CC1CN(C(CCC(=O)OCc2ccccc2)NC(=O)OC(C)(C)C)C(=O)O1. The maximum absolute atomic E-state index is 12.1. The summed E-state index contributed by atoms with van der Waals surface area (Å²) in [7, 11) is 0. The molecule has 1 saturated heterocycles. The van der Waals surface area contributed by atoms with Gasteiger partial charge in [-0.25, -0.2) is 9.59 Å². The highest BCUT2D eigenvalue weighted by molar-refractivity contribution is 5.73. The molecule has 0 spiro atoms. The Kier molecular flexibility index (Phi) is 7.25.